The Morgan fingerprint density at radius 2 is 2.30 bits per heavy atom. The Morgan fingerprint density at radius 1 is 1.50 bits per heavy atom. The van der Waals surface area contributed by atoms with E-state index in [9.17, 15) is 4.79 Å². The fraction of sp³-hybridized carbons (Fsp3) is 0.400. The van der Waals surface area contributed by atoms with Gasteiger partial charge in [0.2, 0.25) is 0 Å². The molecule has 3 rings (SSSR count). The van der Waals surface area contributed by atoms with E-state index in [-0.39, 0.29) is 11.9 Å². The first-order valence-corrected chi connectivity index (χ1v) is 7.84. The molecule has 5 heteroatoms. The van der Waals surface area contributed by atoms with Crippen LogP contribution in [0.25, 0.3) is 10.1 Å². The molecule has 0 saturated carbocycles. The monoisotopic (exact) mass is 309 g/mol. The van der Waals surface area contributed by atoms with Crippen molar-refractivity contribution in [1.82, 2.24) is 4.90 Å². The maximum Gasteiger partial charge on any atom is 0.310 e. The molecule has 2 heterocycles. The third kappa shape index (κ3) is 2.55. The third-order valence-electron chi connectivity index (χ3n) is 3.78. The van der Waals surface area contributed by atoms with Gasteiger partial charge < -0.3 is 4.74 Å². The predicted molar refractivity (Wildman–Crippen MR) is 82.2 cm³/mol. The number of nitrogens with zero attached hydrogens (tertiary/aromatic N) is 1. The first-order valence-electron chi connectivity index (χ1n) is 6.65. The van der Waals surface area contributed by atoms with Gasteiger partial charge in [0.1, 0.15) is 0 Å². The molecule has 1 aliphatic heterocycles. The largest absolute Gasteiger partial charge is 0.469 e. The molecule has 0 aliphatic carbocycles. The molecule has 0 radical (unpaired) electrons. The molecule has 0 spiro atoms. The molecule has 2 aromatic rings. The Balaban J connectivity index is 1.74. The summed E-state index contributed by atoms with van der Waals surface area (Å²) >= 11 is 8.19. The van der Waals surface area contributed by atoms with Crippen molar-refractivity contribution >= 4 is 39.0 Å². The Labute approximate surface area is 127 Å². The van der Waals surface area contributed by atoms with Gasteiger partial charge >= 0.3 is 5.97 Å². The maximum atomic E-state index is 11.5. The Bertz CT molecular complexity index is 640. The summed E-state index contributed by atoms with van der Waals surface area (Å²) in [4.78, 5) is 15.0. The van der Waals surface area contributed by atoms with Crippen LogP contribution in [0.1, 0.15) is 11.3 Å². The molecular formula is C15H16ClNO2S. The summed E-state index contributed by atoms with van der Waals surface area (Å²) in [6, 6.07) is 8.19. The third-order valence-corrected chi connectivity index (χ3v) is 5.47. The minimum Gasteiger partial charge on any atom is -0.469 e. The van der Waals surface area contributed by atoms with E-state index in [1.54, 1.807) is 11.3 Å². The number of carbonyl (C=O) groups excluding carboxylic acids is 1. The Hall–Kier alpha value is -1.10. The van der Waals surface area contributed by atoms with Gasteiger partial charge in [-0.1, -0.05) is 29.8 Å². The van der Waals surface area contributed by atoms with Crippen LogP contribution in [0.2, 0.25) is 5.02 Å². The molecular weight excluding hydrogens is 294 g/mol. The second-order valence-corrected chi connectivity index (χ2v) is 6.59. The van der Waals surface area contributed by atoms with Crippen LogP contribution < -0.4 is 0 Å². The van der Waals surface area contributed by atoms with Crippen LogP contribution in [0.3, 0.4) is 0 Å². The zero-order valence-electron chi connectivity index (χ0n) is 11.3. The Kier molecular flexibility index (Phi) is 3.96. The fourth-order valence-electron chi connectivity index (χ4n) is 2.70. The van der Waals surface area contributed by atoms with Crippen molar-refractivity contribution in [1.29, 1.82) is 0 Å². The highest BCUT2D eigenvalue weighted by Crippen LogP contribution is 2.36. The normalized spacial score (nSPS) is 19.6. The van der Waals surface area contributed by atoms with Crippen molar-refractivity contribution in [2.45, 2.75) is 13.0 Å². The van der Waals surface area contributed by atoms with E-state index in [2.05, 4.69) is 17.0 Å². The Morgan fingerprint density at radius 3 is 3.05 bits per heavy atom. The van der Waals surface area contributed by atoms with Gasteiger partial charge in [0.15, 0.2) is 0 Å². The van der Waals surface area contributed by atoms with Gasteiger partial charge in [-0.3, -0.25) is 9.69 Å². The summed E-state index contributed by atoms with van der Waals surface area (Å²) in [6.45, 7) is 2.49. The lowest BCUT2D eigenvalue weighted by Crippen LogP contribution is -2.23. The number of hydrogen-bond donors (Lipinski definition) is 0. The topological polar surface area (TPSA) is 29.5 Å². The zero-order chi connectivity index (χ0) is 14.1. The minimum absolute atomic E-state index is 0.00755. The van der Waals surface area contributed by atoms with Crippen LogP contribution in [0, 0.1) is 5.92 Å². The number of thiophene rings is 1. The first-order chi connectivity index (χ1) is 9.69. The van der Waals surface area contributed by atoms with Gasteiger partial charge in [0.25, 0.3) is 0 Å². The van der Waals surface area contributed by atoms with Gasteiger partial charge in [-0.15, -0.1) is 11.3 Å². The molecule has 20 heavy (non-hydrogen) atoms. The number of ether oxygens (including phenoxy) is 1. The summed E-state index contributed by atoms with van der Waals surface area (Å²) in [5.74, 6) is -0.0944. The van der Waals surface area contributed by atoms with Gasteiger partial charge in [-0.25, -0.2) is 0 Å². The molecule has 1 unspecified atom stereocenters. The van der Waals surface area contributed by atoms with E-state index in [1.807, 2.05) is 12.1 Å². The lowest BCUT2D eigenvalue weighted by atomic mass is 10.1. The smallest absolute Gasteiger partial charge is 0.310 e. The summed E-state index contributed by atoms with van der Waals surface area (Å²) < 4.78 is 6.03. The number of rotatable bonds is 3. The van der Waals surface area contributed by atoms with Gasteiger partial charge in [0, 0.05) is 28.1 Å². The van der Waals surface area contributed by atoms with Crippen LogP contribution in [0.15, 0.2) is 24.3 Å². The van der Waals surface area contributed by atoms with E-state index in [4.69, 9.17) is 16.3 Å². The number of benzene rings is 1. The molecule has 1 saturated heterocycles. The predicted octanol–water partition coefficient (Wildman–Crippen LogP) is 3.55. The molecule has 0 N–H and O–H groups in total. The van der Waals surface area contributed by atoms with E-state index >= 15 is 0 Å². The number of likely N-dealkylation sites (tertiary alicyclic amines) is 1. The zero-order valence-corrected chi connectivity index (χ0v) is 12.8. The van der Waals surface area contributed by atoms with Crippen LogP contribution in [-0.4, -0.2) is 31.1 Å². The number of halogens is 1. The van der Waals surface area contributed by atoms with E-state index in [0.717, 1.165) is 36.5 Å². The van der Waals surface area contributed by atoms with Gasteiger partial charge in [0.05, 0.1) is 18.1 Å². The quantitative estimate of drug-likeness (QED) is 0.812. The standard InChI is InChI=1S/C15H16ClNO2S/c1-19-15(18)10-6-7-17(8-10)9-13-14(16)11-4-2-3-5-12(11)20-13/h2-5,10H,6-9H2,1H3. The van der Waals surface area contributed by atoms with Gasteiger partial charge in [-0.05, 0) is 19.0 Å². The highest BCUT2D eigenvalue weighted by Gasteiger charge is 2.29. The number of fused-ring (bicyclic) bond motifs is 1. The second-order valence-electron chi connectivity index (χ2n) is 5.08. The van der Waals surface area contributed by atoms with Crippen molar-refractivity contribution in [3.05, 3.63) is 34.2 Å². The van der Waals surface area contributed by atoms with E-state index < -0.39 is 0 Å². The minimum atomic E-state index is -0.102. The van der Waals surface area contributed by atoms with Crippen molar-refractivity contribution in [2.75, 3.05) is 20.2 Å². The molecule has 106 valence electrons. The molecule has 0 bridgehead atoms. The second kappa shape index (κ2) is 5.72. The molecule has 1 aromatic carbocycles. The lowest BCUT2D eigenvalue weighted by Gasteiger charge is -2.14. The van der Waals surface area contributed by atoms with Crippen molar-refractivity contribution in [3.63, 3.8) is 0 Å². The number of carbonyl (C=O) groups is 1. The molecule has 1 atom stereocenters. The lowest BCUT2D eigenvalue weighted by molar-refractivity contribution is -0.144. The molecule has 1 aliphatic rings. The summed E-state index contributed by atoms with van der Waals surface area (Å²) in [6.07, 6.45) is 0.870. The highest BCUT2D eigenvalue weighted by atomic mass is 35.5. The summed E-state index contributed by atoms with van der Waals surface area (Å²) in [5.41, 5.74) is 0. The van der Waals surface area contributed by atoms with Crippen LogP contribution >= 0.6 is 22.9 Å². The summed E-state index contributed by atoms with van der Waals surface area (Å²) in [5, 5.41) is 1.98. The van der Waals surface area contributed by atoms with Crippen LogP contribution in [0.5, 0.6) is 0 Å². The van der Waals surface area contributed by atoms with Crippen molar-refractivity contribution in [3.8, 4) is 0 Å². The molecule has 0 amide bonds. The van der Waals surface area contributed by atoms with Crippen molar-refractivity contribution in [2.24, 2.45) is 5.92 Å². The fourth-order valence-corrected chi connectivity index (χ4v) is 4.24. The SMILES string of the molecule is COC(=O)C1CCN(Cc2sc3ccccc3c2Cl)C1. The number of hydrogen-bond acceptors (Lipinski definition) is 4. The van der Waals surface area contributed by atoms with E-state index in [1.165, 1.54) is 16.7 Å². The average molecular weight is 310 g/mol. The molecule has 1 fully saturated rings. The average Bonchev–Trinajstić information content (AvgIpc) is 3.05. The van der Waals surface area contributed by atoms with Gasteiger partial charge in [-0.2, -0.15) is 0 Å². The molecule has 3 nitrogen and oxygen atoms in total. The molecule has 1 aromatic heterocycles. The number of methoxy groups -OCH3 is 1. The van der Waals surface area contributed by atoms with E-state index in [0.29, 0.717) is 0 Å². The van der Waals surface area contributed by atoms with Crippen molar-refractivity contribution < 1.29 is 9.53 Å². The summed E-state index contributed by atoms with van der Waals surface area (Å²) in [7, 11) is 1.45. The first kappa shape index (κ1) is 13.9. The van der Waals surface area contributed by atoms with Crippen LogP contribution in [-0.2, 0) is 16.1 Å². The maximum absolute atomic E-state index is 11.5. The number of esters is 1. The van der Waals surface area contributed by atoms with Crippen LogP contribution in [0.4, 0.5) is 0 Å². The highest BCUT2D eigenvalue weighted by molar-refractivity contribution is 7.19.